The lowest BCUT2D eigenvalue weighted by molar-refractivity contribution is -0.143. The van der Waals surface area contributed by atoms with E-state index in [1.165, 1.54) is 0 Å². The molecule has 2 aromatic heterocycles. The van der Waals surface area contributed by atoms with Crippen molar-refractivity contribution < 1.29 is 34.2 Å². The van der Waals surface area contributed by atoms with Crippen molar-refractivity contribution in [2.75, 3.05) is 0 Å². The second-order valence-corrected chi connectivity index (χ2v) is 11.8. The number of carbonyl (C=O) groups excluding carboxylic acids is 3. The number of fused-ring (bicyclic) bond motifs is 2. The second-order valence-electron chi connectivity index (χ2n) is 11.8. The van der Waals surface area contributed by atoms with Gasteiger partial charge in [-0.1, -0.05) is 50.2 Å². The summed E-state index contributed by atoms with van der Waals surface area (Å²) < 4.78 is 0. The Balaban J connectivity index is 1.55. The fraction of sp³-hybridized carbons (Fsp3) is 0.364. The van der Waals surface area contributed by atoms with Gasteiger partial charge in [0.2, 0.25) is 17.7 Å². The topological polar surface area (TPSA) is 219 Å². The Morgan fingerprint density at radius 3 is 1.72 bits per heavy atom. The van der Waals surface area contributed by atoms with Crippen LogP contribution >= 0.6 is 0 Å². The molecule has 9 N–H and O–H groups in total. The number of amides is 3. The molecule has 3 amide bonds. The Morgan fingerprint density at radius 1 is 0.717 bits per heavy atom. The third kappa shape index (κ3) is 8.72. The molecular weight excluding hydrogens is 592 g/mol. The first kappa shape index (κ1) is 33.7. The van der Waals surface area contributed by atoms with E-state index in [4.69, 9.17) is 5.73 Å². The molecule has 0 aliphatic rings. The highest BCUT2D eigenvalue weighted by Crippen LogP contribution is 2.21. The number of benzene rings is 2. The summed E-state index contributed by atoms with van der Waals surface area (Å²) in [6.45, 7) is 3.83. The number of aromatic nitrogens is 2. The highest BCUT2D eigenvalue weighted by molar-refractivity contribution is 5.95. The second kappa shape index (κ2) is 15.2. The molecule has 0 bridgehead atoms. The summed E-state index contributed by atoms with van der Waals surface area (Å²) in [6, 6.07) is 9.91. The zero-order valence-corrected chi connectivity index (χ0v) is 25.7. The smallest absolute Gasteiger partial charge is 0.326 e. The number of nitrogens with two attached hydrogens (primary N) is 1. The number of hydrogen-bond donors (Lipinski definition) is 8. The molecule has 0 aliphatic carbocycles. The molecule has 4 rings (SSSR count). The maximum Gasteiger partial charge on any atom is 0.326 e. The Hall–Kier alpha value is -5.17. The summed E-state index contributed by atoms with van der Waals surface area (Å²) in [5.41, 5.74) is 9.11. The van der Waals surface area contributed by atoms with Crippen LogP contribution in [0.15, 0.2) is 60.9 Å². The maximum atomic E-state index is 13.7. The standard InChI is InChI=1S/C33H40N6O7/c1-18(2)13-23(34)30(42)38-27(14-19-16-35-24-9-5-3-7-21(19)24)32(44)37-26(11-12-29(40)41)31(43)39-28(33(45)46)15-20-17-36-25-10-6-4-8-22(20)25/h3-10,16-18,23,26-28,35-36H,11-15,34H2,1-2H3,(H,37,44)(H,38,42)(H,39,43)(H,40,41)(H,45,46). The normalized spacial score (nSPS) is 14.0. The fourth-order valence-corrected chi connectivity index (χ4v) is 5.43. The van der Waals surface area contributed by atoms with Crippen LogP contribution in [0.4, 0.5) is 0 Å². The molecule has 4 atom stereocenters. The molecule has 244 valence electrons. The van der Waals surface area contributed by atoms with Crippen molar-refractivity contribution in [2.24, 2.45) is 11.7 Å². The van der Waals surface area contributed by atoms with Gasteiger partial charge in [-0.25, -0.2) is 4.79 Å². The Bertz CT molecular complexity index is 1710. The first-order valence-corrected chi connectivity index (χ1v) is 15.1. The van der Waals surface area contributed by atoms with Crippen LogP contribution in [0.5, 0.6) is 0 Å². The van der Waals surface area contributed by atoms with Gasteiger partial charge < -0.3 is 41.9 Å². The largest absolute Gasteiger partial charge is 0.481 e. The van der Waals surface area contributed by atoms with Gasteiger partial charge >= 0.3 is 11.9 Å². The predicted octanol–water partition coefficient (Wildman–Crippen LogP) is 2.21. The van der Waals surface area contributed by atoms with Gasteiger partial charge in [-0.3, -0.25) is 19.2 Å². The van der Waals surface area contributed by atoms with Crippen molar-refractivity contribution in [3.05, 3.63) is 72.1 Å². The SMILES string of the molecule is CC(C)CC(N)C(=O)NC(Cc1c[nH]c2ccccc12)C(=O)NC(CCC(=O)O)C(=O)NC(Cc1c[nH]c2ccccc12)C(=O)O. The number of nitrogens with one attached hydrogen (secondary N) is 5. The lowest BCUT2D eigenvalue weighted by atomic mass is 10.0. The van der Waals surface area contributed by atoms with Crippen LogP contribution in [-0.4, -0.2) is 74.0 Å². The molecule has 2 aromatic carbocycles. The average Bonchev–Trinajstić information content (AvgIpc) is 3.61. The van der Waals surface area contributed by atoms with Crippen molar-refractivity contribution in [1.29, 1.82) is 0 Å². The van der Waals surface area contributed by atoms with E-state index in [1.54, 1.807) is 12.4 Å². The van der Waals surface area contributed by atoms with Crippen molar-refractivity contribution >= 4 is 51.5 Å². The summed E-state index contributed by atoms with van der Waals surface area (Å²) in [4.78, 5) is 70.1. The highest BCUT2D eigenvalue weighted by Gasteiger charge is 2.31. The van der Waals surface area contributed by atoms with Crippen molar-refractivity contribution in [3.63, 3.8) is 0 Å². The van der Waals surface area contributed by atoms with E-state index in [-0.39, 0.29) is 25.2 Å². The monoisotopic (exact) mass is 632 g/mol. The van der Waals surface area contributed by atoms with Crippen LogP contribution in [0.3, 0.4) is 0 Å². The van der Waals surface area contributed by atoms with E-state index >= 15 is 0 Å². The lowest BCUT2D eigenvalue weighted by Crippen LogP contribution is -2.58. The van der Waals surface area contributed by atoms with Crippen molar-refractivity contribution in [1.82, 2.24) is 25.9 Å². The molecule has 13 heteroatoms. The summed E-state index contributed by atoms with van der Waals surface area (Å²) >= 11 is 0. The number of carbonyl (C=O) groups is 5. The zero-order valence-electron chi connectivity index (χ0n) is 25.7. The molecule has 0 aliphatic heterocycles. The minimum atomic E-state index is -1.40. The van der Waals surface area contributed by atoms with Crippen LogP contribution in [0, 0.1) is 5.92 Å². The van der Waals surface area contributed by atoms with Gasteiger partial charge in [0.25, 0.3) is 0 Å². The van der Waals surface area contributed by atoms with Gasteiger partial charge in [-0.15, -0.1) is 0 Å². The zero-order chi connectivity index (χ0) is 33.4. The number of aliphatic carboxylic acids is 2. The number of para-hydroxylation sites is 2. The molecule has 4 unspecified atom stereocenters. The molecule has 0 saturated heterocycles. The van der Waals surface area contributed by atoms with E-state index < -0.39 is 60.2 Å². The molecule has 0 saturated carbocycles. The fourth-order valence-electron chi connectivity index (χ4n) is 5.43. The Morgan fingerprint density at radius 2 is 1.20 bits per heavy atom. The number of carboxylic acids is 2. The number of carboxylic acid groups (broad SMARTS) is 2. The third-order valence-corrected chi connectivity index (χ3v) is 7.79. The van der Waals surface area contributed by atoms with Crippen LogP contribution in [0.1, 0.15) is 44.2 Å². The average molecular weight is 633 g/mol. The molecule has 0 fully saturated rings. The van der Waals surface area contributed by atoms with Gasteiger partial charge in [-0.05, 0) is 42.0 Å². The van der Waals surface area contributed by atoms with Crippen molar-refractivity contribution in [3.8, 4) is 0 Å². The molecule has 0 spiro atoms. The predicted molar refractivity (Wildman–Crippen MR) is 172 cm³/mol. The van der Waals surface area contributed by atoms with Gasteiger partial charge in [-0.2, -0.15) is 0 Å². The first-order valence-electron chi connectivity index (χ1n) is 15.1. The molecule has 13 nitrogen and oxygen atoms in total. The molecule has 0 radical (unpaired) electrons. The summed E-state index contributed by atoms with van der Waals surface area (Å²) in [6.07, 6.45) is 2.97. The molecule has 4 aromatic rings. The summed E-state index contributed by atoms with van der Waals surface area (Å²) in [5, 5.41) is 28.6. The Kier molecular flexibility index (Phi) is 11.2. The summed E-state index contributed by atoms with van der Waals surface area (Å²) in [7, 11) is 0. The van der Waals surface area contributed by atoms with Crippen LogP contribution < -0.4 is 21.7 Å². The number of aromatic amines is 2. The quantitative estimate of drug-likeness (QED) is 0.0913. The third-order valence-electron chi connectivity index (χ3n) is 7.79. The minimum absolute atomic E-state index is 0.0432. The van der Waals surface area contributed by atoms with E-state index in [0.29, 0.717) is 12.0 Å². The van der Waals surface area contributed by atoms with Crippen LogP contribution in [0.2, 0.25) is 0 Å². The molecular formula is C33H40N6O7. The van der Waals surface area contributed by atoms with Crippen molar-refractivity contribution in [2.45, 2.75) is 70.1 Å². The lowest BCUT2D eigenvalue weighted by Gasteiger charge is -2.25. The van der Waals surface area contributed by atoms with Gasteiger partial charge in [0, 0.05) is 53.5 Å². The van der Waals surface area contributed by atoms with E-state index in [0.717, 1.165) is 27.4 Å². The summed E-state index contributed by atoms with van der Waals surface area (Å²) in [5.74, 6) is -4.54. The van der Waals surface area contributed by atoms with E-state index in [2.05, 4.69) is 25.9 Å². The first-order chi connectivity index (χ1) is 21.9. The Labute approximate surface area is 265 Å². The molecule has 2 heterocycles. The van der Waals surface area contributed by atoms with Crippen LogP contribution in [-0.2, 0) is 36.8 Å². The van der Waals surface area contributed by atoms with E-state index in [1.807, 2.05) is 62.4 Å². The number of rotatable bonds is 16. The van der Waals surface area contributed by atoms with Crippen LogP contribution in [0.25, 0.3) is 21.8 Å². The van der Waals surface area contributed by atoms with Gasteiger partial charge in [0.1, 0.15) is 18.1 Å². The maximum absolute atomic E-state index is 13.7. The molecule has 46 heavy (non-hydrogen) atoms. The number of hydrogen-bond acceptors (Lipinski definition) is 6. The van der Waals surface area contributed by atoms with E-state index in [9.17, 15) is 34.2 Å². The van der Waals surface area contributed by atoms with Gasteiger partial charge in [0.05, 0.1) is 6.04 Å². The number of H-pyrrole nitrogens is 2. The van der Waals surface area contributed by atoms with Gasteiger partial charge in [0.15, 0.2) is 0 Å². The highest BCUT2D eigenvalue weighted by atomic mass is 16.4. The minimum Gasteiger partial charge on any atom is -0.481 e.